The maximum Gasteiger partial charge on any atom is 0.237 e. The highest BCUT2D eigenvalue weighted by Crippen LogP contribution is 2.14. The molecule has 3 rings (SSSR count). The van der Waals surface area contributed by atoms with E-state index in [1.165, 1.54) is 19.3 Å². The van der Waals surface area contributed by atoms with Crippen molar-refractivity contribution in [3.63, 3.8) is 0 Å². The van der Waals surface area contributed by atoms with E-state index < -0.39 is 0 Å². The fourth-order valence-electron chi connectivity index (χ4n) is 3.06. The maximum atomic E-state index is 11.9. The maximum absolute atomic E-state index is 11.9. The molecule has 0 bridgehead atoms. The number of hydrogen-bond donors (Lipinski definition) is 2. The highest BCUT2D eigenvalue weighted by Gasteiger charge is 2.21. The molecular weight excluding hydrogens is 254 g/mol. The van der Waals surface area contributed by atoms with Crippen LogP contribution in [0, 0.1) is 0 Å². The first kappa shape index (κ1) is 13.5. The molecule has 0 aromatic carbocycles. The van der Waals surface area contributed by atoms with Gasteiger partial charge in [-0.25, -0.2) is 0 Å². The Labute approximate surface area is 119 Å². The van der Waals surface area contributed by atoms with Crippen LogP contribution in [0.3, 0.4) is 0 Å². The first-order valence-corrected chi connectivity index (χ1v) is 7.76. The predicted octanol–water partition coefficient (Wildman–Crippen LogP) is 0.415. The summed E-state index contributed by atoms with van der Waals surface area (Å²) in [5.41, 5.74) is 0. The normalized spacial score (nSPS) is 22.3. The topological polar surface area (TPSA) is 71.8 Å². The second kappa shape index (κ2) is 6.35. The lowest BCUT2D eigenvalue weighted by Gasteiger charge is -2.11. The molecule has 0 radical (unpaired) electrons. The Hall–Kier alpha value is -1.43. The number of amides is 1. The molecule has 20 heavy (non-hydrogen) atoms. The Morgan fingerprint density at radius 3 is 3.10 bits per heavy atom. The van der Waals surface area contributed by atoms with Crippen molar-refractivity contribution in [3.8, 4) is 0 Å². The third-order valence-corrected chi connectivity index (χ3v) is 4.21. The molecule has 1 unspecified atom stereocenters. The van der Waals surface area contributed by atoms with Crippen molar-refractivity contribution in [3.05, 3.63) is 11.6 Å². The van der Waals surface area contributed by atoms with Crippen LogP contribution in [0.25, 0.3) is 0 Å². The van der Waals surface area contributed by atoms with E-state index in [9.17, 15) is 4.79 Å². The molecule has 0 saturated carbocycles. The van der Waals surface area contributed by atoms with E-state index in [2.05, 4.69) is 25.4 Å². The van der Waals surface area contributed by atoms with Crippen molar-refractivity contribution in [2.45, 2.75) is 57.5 Å². The van der Waals surface area contributed by atoms with Crippen LogP contribution < -0.4 is 10.6 Å². The SMILES string of the molecule is O=C(NCCc1nnc2n1CCCCC2)C1CCCN1. The lowest BCUT2D eigenvalue weighted by atomic mass is 10.2. The van der Waals surface area contributed by atoms with Gasteiger partial charge in [-0.1, -0.05) is 6.42 Å². The van der Waals surface area contributed by atoms with Crippen LogP contribution in [0.2, 0.25) is 0 Å². The van der Waals surface area contributed by atoms with Crippen LogP contribution in [-0.2, 0) is 24.2 Å². The summed E-state index contributed by atoms with van der Waals surface area (Å²) in [6.07, 6.45) is 7.53. The second-order valence-corrected chi connectivity index (χ2v) is 5.68. The molecule has 6 nitrogen and oxygen atoms in total. The van der Waals surface area contributed by atoms with Gasteiger partial charge in [0.1, 0.15) is 11.6 Å². The third-order valence-electron chi connectivity index (χ3n) is 4.21. The molecule has 110 valence electrons. The smallest absolute Gasteiger partial charge is 0.237 e. The van der Waals surface area contributed by atoms with Crippen molar-refractivity contribution in [1.82, 2.24) is 25.4 Å². The average molecular weight is 277 g/mol. The van der Waals surface area contributed by atoms with Gasteiger partial charge >= 0.3 is 0 Å². The molecule has 2 N–H and O–H groups in total. The Kier molecular flexibility index (Phi) is 4.30. The molecular formula is C14H23N5O. The summed E-state index contributed by atoms with van der Waals surface area (Å²) in [4.78, 5) is 11.9. The number of nitrogens with zero attached hydrogens (tertiary/aromatic N) is 3. The van der Waals surface area contributed by atoms with E-state index >= 15 is 0 Å². The van der Waals surface area contributed by atoms with Crippen LogP contribution >= 0.6 is 0 Å². The molecule has 2 aliphatic rings. The van der Waals surface area contributed by atoms with Gasteiger partial charge < -0.3 is 15.2 Å². The lowest BCUT2D eigenvalue weighted by molar-refractivity contribution is -0.122. The first-order valence-electron chi connectivity index (χ1n) is 7.76. The van der Waals surface area contributed by atoms with Crippen molar-refractivity contribution >= 4 is 5.91 Å². The minimum Gasteiger partial charge on any atom is -0.354 e. The molecule has 1 aromatic heterocycles. The summed E-state index contributed by atoms with van der Waals surface area (Å²) in [6, 6.07) is 0.00511. The third kappa shape index (κ3) is 3.00. The number of aromatic nitrogens is 3. The summed E-state index contributed by atoms with van der Waals surface area (Å²) in [5.74, 6) is 2.25. The van der Waals surface area contributed by atoms with E-state index in [4.69, 9.17) is 0 Å². The summed E-state index contributed by atoms with van der Waals surface area (Å²) >= 11 is 0. The Bertz CT molecular complexity index is 464. The van der Waals surface area contributed by atoms with Crippen molar-refractivity contribution < 1.29 is 4.79 Å². The summed E-state index contributed by atoms with van der Waals surface area (Å²) in [7, 11) is 0. The van der Waals surface area contributed by atoms with Crippen molar-refractivity contribution in [2.75, 3.05) is 13.1 Å². The van der Waals surface area contributed by atoms with Crippen LogP contribution in [0.1, 0.15) is 43.8 Å². The minimum atomic E-state index is 0.00511. The van der Waals surface area contributed by atoms with Crippen LogP contribution in [-0.4, -0.2) is 39.8 Å². The molecule has 1 atom stereocenters. The quantitative estimate of drug-likeness (QED) is 0.836. The Balaban J connectivity index is 1.51. The van der Waals surface area contributed by atoms with Gasteiger partial charge in [-0.15, -0.1) is 10.2 Å². The summed E-state index contributed by atoms with van der Waals surface area (Å²) in [5, 5.41) is 14.8. The molecule has 1 aromatic rings. The number of aryl methyl sites for hydroxylation is 1. The van der Waals surface area contributed by atoms with E-state index in [1.54, 1.807) is 0 Å². The second-order valence-electron chi connectivity index (χ2n) is 5.68. The fourth-order valence-corrected chi connectivity index (χ4v) is 3.06. The zero-order valence-electron chi connectivity index (χ0n) is 11.9. The summed E-state index contributed by atoms with van der Waals surface area (Å²) in [6.45, 7) is 2.63. The monoisotopic (exact) mass is 277 g/mol. The average Bonchev–Trinajstić information content (AvgIpc) is 3.05. The van der Waals surface area contributed by atoms with Crippen molar-refractivity contribution in [1.29, 1.82) is 0 Å². The van der Waals surface area contributed by atoms with Gasteiger partial charge in [0.15, 0.2) is 0 Å². The van der Waals surface area contributed by atoms with E-state index in [-0.39, 0.29) is 11.9 Å². The fraction of sp³-hybridized carbons (Fsp3) is 0.786. The molecule has 1 fully saturated rings. The number of carbonyl (C=O) groups excluding carboxylic acids is 1. The number of carbonyl (C=O) groups is 1. The number of fused-ring (bicyclic) bond motifs is 1. The van der Waals surface area contributed by atoms with Crippen molar-refractivity contribution in [2.24, 2.45) is 0 Å². The molecule has 1 amide bonds. The van der Waals surface area contributed by atoms with Gasteiger partial charge in [-0.3, -0.25) is 4.79 Å². The largest absolute Gasteiger partial charge is 0.354 e. The predicted molar refractivity (Wildman–Crippen MR) is 75.3 cm³/mol. The zero-order valence-corrected chi connectivity index (χ0v) is 11.9. The Morgan fingerprint density at radius 2 is 2.25 bits per heavy atom. The molecule has 0 aliphatic carbocycles. The molecule has 1 saturated heterocycles. The summed E-state index contributed by atoms with van der Waals surface area (Å²) < 4.78 is 2.24. The minimum absolute atomic E-state index is 0.00511. The van der Waals surface area contributed by atoms with Gasteiger partial charge in [0.2, 0.25) is 5.91 Å². The van der Waals surface area contributed by atoms with Gasteiger partial charge in [0.05, 0.1) is 6.04 Å². The van der Waals surface area contributed by atoms with Crippen LogP contribution in [0.5, 0.6) is 0 Å². The van der Waals surface area contributed by atoms with E-state index in [0.29, 0.717) is 6.54 Å². The number of rotatable bonds is 4. The molecule has 3 heterocycles. The van der Waals surface area contributed by atoms with Crippen LogP contribution in [0.15, 0.2) is 0 Å². The standard InChI is InChI=1S/C14H23N5O/c20-14(11-5-4-8-15-11)16-9-7-13-18-17-12-6-2-1-3-10-19(12)13/h11,15H,1-10H2,(H,16,20). The molecule has 6 heteroatoms. The molecule has 0 spiro atoms. The zero-order chi connectivity index (χ0) is 13.8. The van der Waals surface area contributed by atoms with E-state index in [0.717, 1.165) is 50.4 Å². The van der Waals surface area contributed by atoms with E-state index in [1.807, 2.05) is 0 Å². The van der Waals surface area contributed by atoms with Gasteiger partial charge in [0.25, 0.3) is 0 Å². The van der Waals surface area contributed by atoms with Crippen LogP contribution in [0.4, 0.5) is 0 Å². The van der Waals surface area contributed by atoms with Gasteiger partial charge in [-0.05, 0) is 32.2 Å². The number of hydrogen-bond acceptors (Lipinski definition) is 4. The van der Waals surface area contributed by atoms with Gasteiger partial charge in [-0.2, -0.15) is 0 Å². The lowest BCUT2D eigenvalue weighted by Crippen LogP contribution is -2.41. The first-order chi connectivity index (χ1) is 9.84. The molecule has 2 aliphatic heterocycles. The number of nitrogens with one attached hydrogen (secondary N) is 2. The van der Waals surface area contributed by atoms with Gasteiger partial charge in [0, 0.05) is 25.9 Å². The highest BCUT2D eigenvalue weighted by molar-refractivity contribution is 5.81. The highest BCUT2D eigenvalue weighted by atomic mass is 16.2. The Morgan fingerprint density at radius 1 is 1.30 bits per heavy atom.